The van der Waals surface area contributed by atoms with Crippen LogP contribution in [0.2, 0.25) is 0 Å². The largest absolute Gasteiger partial charge is 0.459 e. The maximum atomic E-state index is 5.84. The van der Waals surface area contributed by atoms with Gasteiger partial charge in [0.15, 0.2) is 0 Å². The Labute approximate surface area is 111 Å². The summed E-state index contributed by atoms with van der Waals surface area (Å²) >= 11 is 0. The molecule has 0 spiro atoms. The maximum Gasteiger partial charge on any atom is 0.134 e. The minimum absolute atomic E-state index is 0.194. The molecule has 0 aliphatic rings. The van der Waals surface area contributed by atoms with Crippen molar-refractivity contribution in [1.29, 1.82) is 0 Å². The molecule has 0 saturated heterocycles. The van der Waals surface area contributed by atoms with E-state index in [0.717, 1.165) is 28.0 Å². The van der Waals surface area contributed by atoms with Gasteiger partial charge in [0.25, 0.3) is 0 Å². The Balaban J connectivity index is 2.04. The van der Waals surface area contributed by atoms with E-state index in [1.807, 2.05) is 55.6 Å². The van der Waals surface area contributed by atoms with Crippen LogP contribution in [0.25, 0.3) is 11.0 Å². The first-order chi connectivity index (χ1) is 9.28. The van der Waals surface area contributed by atoms with E-state index in [1.165, 1.54) is 0 Å². The zero-order valence-corrected chi connectivity index (χ0v) is 10.6. The molecule has 1 unspecified atom stereocenters. The minimum atomic E-state index is -0.194. The number of nitrogens with two attached hydrogens (primary N) is 1. The molecule has 3 rings (SSSR count). The fourth-order valence-corrected chi connectivity index (χ4v) is 2.14. The summed E-state index contributed by atoms with van der Waals surface area (Å²) in [5, 5.41) is 1.07. The van der Waals surface area contributed by atoms with Crippen molar-refractivity contribution in [2.75, 3.05) is 0 Å². The van der Waals surface area contributed by atoms with Crippen LogP contribution in [0.5, 0.6) is 0 Å². The summed E-state index contributed by atoms with van der Waals surface area (Å²) in [5.74, 6) is 6.45. The van der Waals surface area contributed by atoms with E-state index < -0.39 is 0 Å². The van der Waals surface area contributed by atoms with Gasteiger partial charge in [0.2, 0.25) is 0 Å². The van der Waals surface area contributed by atoms with Crippen molar-refractivity contribution in [3.05, 3.63) is 65.7 Å². The highest BCUT2D eigenvalue weighted by molar-refractivity contribution is 5.77. The van der Waals surface area contributed by atoms with Gasteiger partial charge in [-0.25, -0.2) is 5.43 Å². The van der Waals surface area contributed by atoms with Crippen molar-refractivity contribution < 1.29 is 4.42 Å². The van der Waals surface area contributed by atoms with Gasteiger partial charge in [-0.1, -0.05) is 24.3 Å². The zero-order chi connectivity index (χ0) is 13.2. The first-order valence-corrected chi connectivity index (χ1v) is 6.15. The molecule has 0 amide bonds. The third-order valence-corrected chi connectivity index (χ3v) is 3.16. The first kappa shape index (κ1) is 11.9. The third kappa shape index (κ3) is 2.23. The Hall–Kier alpha value is -2.17. The monoisotopic (exact) mass is 253 g/mol. The molecular weight excluding hydrogens is 238 g/mol. The van der Waals surface area contributed by atoms with Crippen LogP contribution in [0.15, 0.2) is 53.1 Å². The van der Waals surface area contributed by atoms with Gasteiger partial charge in [-0.3, -0.25) is 10.8 Å². The summed E-state index contributed by atoms with van der Waals surface area (Å²) < 4.78 is 5.84. The van der Waals surface area contributed by atoms with E-state index in [1.54, 1.807) is 0 Å². The summed E-state index contributed by atoms with van der Waals surface area (Å²) in [7, 11) is 0. The first-order valence-electron chi connectivity index (χ1n) is 6.15. The van der Waals surface area contributed by atoms with Crippen LogP contribution < -0.4 is 11.3 Å². The summed E-state index contributed by atoms with van der Waals surface area (Å²) in [6.07, 6.45) is 1.81. The highest BCUT2D eigenvalue weighted by Gasteiger charge is 2.17. The van der Waals surface area contributed by atoms with Gasteiger partial charge < -0.3 is 4.42 Å². The molecule has 0 bridgehead atoms. The Bertz CT molecular complexity index is 655. The molecule has 3 aromatic rings. The number of furan rings is 1. The summed E-state index contributed by atoms with van der Waals surface area (Å²) in [4.78, 5) is 4.29. The smallest absolute Gasteiger partial charge is 0.134 e. The normalized spacial score (nSPS) is 12.7. The summed E-state index contributed by atoms with van der Waals surface area (Å²) in [5.41, 5.74) is 5.60. The molecule has 2 aromatic heterocycles. The number of nitrogens with one attached hydrogen (secondary N) is 1. The van der Waals surface area contributed by atoms with E-state index in [-0.39, 0.29) is 6.04 Å². The molecule has 0 fully saturated rings. The SMILES string of the molecule is Cc1ccc(C(NN)c2cc3ccccc3o2)cn1. The van der Waals surface area contributed by atoms with Crippen LogP contribution in [0.3, 0.4) is 0 Å². The van der Waals surface area contributed by atoms with Gasteiger partial charge in [0.1, 0.15) is 17.4 Å². The number of rotatable bonds is 3. The molecule has 2 heterocycles. The second-order valence-corrected chi connectivity index (χ2v) is 4.52. The second-order valence-electron chi connectivity index (χ2n) is 4.52. The Morgan fingerprint density at radius 2 is 2.05 bits per heavy atom. The van der Waals surface area contributed by atoms with Crippen LogP contribution >= 0.6 is 0 Å². The van der Waals surface area contributed by atoms with Crippen LogP contribution in [0.4, 0.5) is 0 Å². The Morgan fingerprint density at radius 1 is 1.21 bits per heavy atom. The van der Waals surface area contributed by atoms with Gasteiger partial charge in [-0.05, 0) is 30.7 Å². The van der Waals surface area contributed by atoms with Gasteiger partial charge in [-0.15, -0.1) is 0 Å². The summed E-state index contributed by atoms with van der Waals surface area (Å²) in [6.45, 7) is 1.95. The molecule has 1 aromatic carbocycles. The predicted octanol–water partition coefficient (Wildman–Crippen LogP) is 2.69. The van der Waals surface area contributed by atoms with Gasteiger partial charge in [0, 0.05) is 17.3 Å². The Kier molecular flexibility index (Phi) is 3.03. The maximum absolute atomic E-state index is 5.84. The average Bonchev–Trinajstić information content (AvgIpc) is 2.85. The number of benzene rings is 1. The molecule has 19 heavy (non-hydrogen) atoms. The topological polar surface area (TPSA) is 64.1 Å². The van der Waals surface area contributed by atoms with Gasteiger partial charge >= 0.3 is 0 Å². The number of aromatic nitrogens is 1. The average molecular weight is 253 g/mol. The number of hydrazine groups is 1. The van der Waals surface area contributed by atoms with Crippen LogP contribution in [0, 0.1) is 6.92 Å². The number of fused-ring (bicyclic) bond motifs is 1. The minimum Gasteiger partial charge on any atom is -0.459 e. The lowest BCUT2D eigenvalue weighted by Gasteiger charge is -2.13. The van der Waals surface area contributed by atoms with Crippen LogP contribution in [-0.2, 0) is 0 Å². The molecule has 3 N–H and O–H groups in total. The van der Waals surface area contributed by atoms with E-state index >= 15 is 0 Å². The Morgan fingerprint density at radius 3 is 2.74 bits per heavy atom. The fraction of sp³-hybridized carbons (Fsp3) is 0.133. The molecule has 0 radical (unpaired) electrons. The van der Waals surface area contributed by atoms with E-state index in [9.17, 15) is 0 Å². The molecule has 0 aliphatic carbocycles. The lowest BCUT2D eigenvalue weighted by molar-refractivity contribution is 0.476. The second kappa shape index (κ2) is 4.84. The van der Waals surface area contributed by atoms with E-state index in [2.05, 4.69) is 10.4 Å². The molecule has 4 heteroatoms. The number of hydrogen-bond acceptors (Lipinski definition) is 4. The van der Waals surface area contributed by atoms with Crippen molar-refractivity contribution in [2.45, 2.75) is 13.0 Å². The standard InChI is InChI=1S/C15H15N3O/c1-10-6-7-12(9-17-10)15(18-16)14-8-11-4-2-3-5-13(11)19-14/h2-9,15,18H,16H2,1H3. The number of aryl methyl sites for hydroxylation is 1. The molecule has 0 saturated carbocycles. The number of pyridine rings is 1. The van der Waals surface area contributed by atoms with Crippen LogP contribution in [0.1, 0.15) is 23.1 Å². The van der Waals surface area contributed by atoms with E-state index in [4.69, 9.17) is 10.3 Å². The lowest BCUT2D eigenvalue weighted by atomic mass is 10.1. The van der Waals surface area contributed by atoms with Gasteiger partial charge in [-0.2, -0.15) is 0 Å². The quantitative estimate of drug-likeness (QED) is 0.556. The van der Waals surface area contributed by atoms with E-state index in [0.29, 0.717) is 0 Å². The van der Waals surface area contributed by atoms with Crippen molar-refractivity contribution >= 4 is 11.0 Å². The number of hydrogen-bond donors (Lipinski definition) is 2. The third-order valence-electron chi connectivity index (χ3n) is 3.16. The predicted molar refractivity (Wildman–Crippen MR) is 74.4 cm³/mol. The van der Waals surface area contributed by atoms with Crippen molar-refractivity contribution in [3.63, 3.8) is 0 Å². The zero-order valence-electron chi connectivity index (χ0n) is 10.6. The fourth-order valence-electron chi connectivity index (χ4n) is 2.14. The van der Waals surface area contributed by atoms with Crippen molar-refractivity contribution in [1.82, 2.24) is 10.4 Å². The molecular formula is C15H15N3O. The molecule has 1 atom stereocenters. The van der Waals surface area contributed by atoms with Crippen LogP contribution in [-0.4, -0.2) is 4.98 Å². The number of nitrogens with zero attached hydrogens (tertiary/aromatic N) is 1. The van der Waals surface area contributed by atoms with Crippen molar-refractivity contribution in [3.8, 4) is 0 Å². The highest BCUT2D eigenvalue weighted by Crippen LogP contribution is 2.27. The van der Waals surface area contributed by atoms with Gasteiger partial charge in [0.05, 0.1) is 0 Å². The van der Waals surface area contributed by atoms with Crippen molar-refractivity contribution in [2.24, 2.45) is 5.84 Å². The number of para-hydroxylation sites is 1. The lowest BCUT2D eigenvalue weighted by Crippen LogP contribution is -2.28. The highest BCUT2D eigenvalue weighted by atomic mass is 16.3. The molecule has 96 valence electrons. The summed E-state index contributed by atoms with van der Waals surface area (Å²) in [6, 6.07) is 13.7. The molecule has 0 aliphatic heterocycles. The molecule has 4 nitrogen and oxygen atoms in total.